The van der Waals surface area contributed by atoms with Gasteiger partial charge in [-0.1, -0.05) is 30.3 Å². The number of aromatic amines is 1. The van der Waals surface area contributed by atoms with Crippen LogP contribution in [-0.4, -0.2) is 30.0 Å². The number of nitrogens with one attached hydrogen (secondary N) is 3. The SMILES string of the molecule is O=C(CCCOCCc1ccccc1)NNC(=O)c1ccc[nH]1. The maximum Gasteiger partial charge on any atom is 0.286 e. The Morgan fingerprint density at radius 2 is 1.83 bits per heavy atom. The maximum absolute atomic E-state index is 11.6. The van der Waals surface area contributed by atoms with Crippen LogP contribution in [0.1, 0.15) is 28.9 Å². The smallest absolute Gasteiger partial charge is 0.286 e. The van der Waals surface area contributed by atoms with Crippen LogP contribution in [-0.2, 0) is 16.0 Å². The Bertz CT molecular complexity index is 597. The van der Waals surface area contributed by atoms with Crippen LogP contribution in [0.5, 0.6) is 0 Å². The molecule has 1 aromatic carbocycles. The van der Waals surface area contributed by atoms with Crippen molar-refractivity contribution in [3.8, 4) is 0 Å². The Morgan fingerprint density at radius 1 is 1.00 bits per heavy atom. The molecule has 0 unspecified atom stereocenters. The van der Waals surface area contributed by atoms with Gasteiger partial charge in [0, 0.05) is 19.2 Å². The minimum atomic E-state index is -0.373. The van der Waals surface area contributed by atoms with Crippen molar-refractivity contribution >= 4 is 11.8 Å². The Hall–Kier alpha value is -2.60. The standard InChI is InChI=1S/C17H21N3O3/c21-16(19-20-17(22)15-8-4-11-18-15)9-5-12-23-13-10-14-6-2-1-3-7-14/h1-4,6-8,11,18H,5,9-10,12-13H2,(H,19,21)(H,20,22). The Kier molecular flexibility index (Phi) is 6.87. The molecule has 3 N–H and O–H groups in total. The molecular formula is C17H21N3O3. The number of amides is 2. The van der Waals surface area contributed by atoms with Crippen molar-refractivity contribution in [1.82, 2.24) is 15.8 Å². The number of aromatic nitrogens is 1. The third-order valence-corrected chi connectivity index (χ3v) is 3.23. The first kappa shape index (κ1) is 16.8. The van der Waals surface area contributed by atoms with Crippen molar-refractivity contribution in [1.29, 1.82) is 0 Å². The van der Waals surface area contributed by atoms with Crippen molar-refractivity contribution in [3.63, 3.8) is 0 Å². The fourth-order valence-electron chi connectivity index (χ4n) is 2.00. The molecule has 2 aromatic rings. The normalized spacial score (nSPS) is 10.3. The molecule has 2 rings (SSSR count). The molecule has 0 aliphatic rings. The number of ether oxygens (including phenoxy) is 1. The fourth-order valence-corrected chi connectivity index (χ4v) is 2.00. The summed E-state index contributed by atoms with van der Waals surface area (Å²) in [6, 6.07) is 13.4. The van der Waals surface area contributed by atoms with Gasteiger partial charge in [0.25, 0.3) is 5.91 Å². The lowest BCUT2D eigenvalue weighted by Crippen LogP contribution is -2.41. The second-order valence-electron chi connectivity index (χ2n) is 5.04. The predicted molar refractivity (Wildman–Crippen MR) is 86.6 cm³/mol. The highest BCUT2D eigenvalue weighted by atomic mass is 16.5. The van der Waals surface area contributed by atoms with Crippen LogP contribution in [0.2, 0.25) is 0 Å². The van der Waals surface area contributed by atoms with Gasteiger partial charge >= 0.3 is 0 Å². The number of benzene rings is 1. The van der Waals surface area contributed by atoms with Crippen molar-refractivity contribution in [2.45, 2.75) is 19.3 Å². The number of H-pyrrole nitrogens is 1. The summed E-state index contributed by atoms with van der Waals surface area (Å²) in [5.41, 5.74) is 6.35. The monoisotopic (exact) mass is 315 g/mol. The highest BCUT2D eigenvalue weighted by Crippen LogP contribution is 2.00. The van der Waals surface area contributed by atoms with E-state index in [1.165, 1.54) is 5.56 Å². The molecular weight excluding hydrogens is 294 g/mol. The largest absolute Gasteiger partial charge is 0.381 e. The number of carbonyl (C=O) groups is 2. The van der Waals surface area contributed by atoms with Gasteiger partial charge in [-0.15, -0.1) is 0 Å². The third kappa shape index (κ3) is 6.36. The summed E-state index contributed by atoms with van der Waals surface area (Å²) in [5, 5.41) is 0. The topological polar surface area (TPSA) is 83.2 Å². The van der Waals surface area contributed by atoms with Crippen LogP contribution >= 0.6 is 0 Å². The van der Waals surface area contributed by atoms with Crippen molar-refractivity contribution < 1.29 is 14.3 Å². The number of hydrogen-bond donors (Lipinski definition) is 3. The molecule has 1 heterocycles. The number of hydrogen-bond acceptors (Lipinski definition) is 3. The molecule has 0 aliphatic heterocycles. The van der Waals surface area contributed by atoms with E-state index in [-0.39, 0.29) is 11.8 Å². The highest BCUT2D eigenvalue weighted by Gasteiger charge is 2.07. The first-order chi connectivity index (χ1) is 11.3. The Labute approximate surface area is 135 Å². The highest BCUT2D eigenvalue weighted by molar-refractivity contribution is 5.93. The van der Waals surface area contributed by atoms with Crippen molar-refractivity contribution in [2.75, 3.05) is 13.2 Å². The van der Waals surface area contributed by atoms with Crippen LogP contribution in [0, 0.1) is 0 Å². The third-order valence-electron chi connectivity index (χ3n) is 3.23. The van der Waals surface area contributed by atoms with Crippen LogP contribution < -0.4 is 10.9 Å². The molecule has 0 fully saturated rings. The van der Waals surface area contributed by atoms with Crippen LogP contribution in [0.3, 0.4) is 0 Å². The molecule has 0 saturated heterocycles. The zero-order valence-corrected chi connectivity index (χ0v) is 12.9. The van der Waals surface area contributed by atoms with Gasteiger partial charge in [-0.2, -0.15) is 0 Å². The van der Waals surface area contributed by atoms with Gasteiger partial charge in [0.1, 0.15) is 5.69 Å². The maximum atomic E-state index is 11.6. The van der Waals surface area contributed by atoms with Crippen molar-refractivity contribution in [3.05, 3.63) is 59.9 Å². The summed E-state index contributed by atoms with van der Waals surface area (Å²) in [5.74, 6) is -0.612. The molecule has 0 radical (unpaired) electrons. The number of hydrazine groups is 1. The molecule has 23 heavy (non-hydrogen) atoms. The second kappa shape index (κ2) is 9.42. The summed E-state index contributed by atoms with van der Waals surface area (Å²) in [6.45, 7) is 1.15. The molecule has 0 spiro atoms. The summed E-state index contributed by atoms with van der Waals surface area (Å²) in [6.07, 6.45) is 3.41. The van der Waals surface area contributed by atoms with E-state index in [1.54, 1.807) is 18.3 Å². The van der Waals surface area contributed by atoms with Crippen LogP contribution in [0.25, 0.3) is 0 Å². The summed E-state index contributed by atoms with van der Waals surface area (Å²) >= 11 is 0. The second-order valence-corrected chi connectivity index (χ2v) is 5.04. The van der Waals surface area contributed by atoms with Gasteiger partial charge < -0.3 is 9.72 Å². The molecule has 2 amide bonds. The zero-order chi connectivity index (χ0) is 16.3. The van der Waals surface area contributed by atoms with Crippen LogP contribution in [0.4, 0.5) is 0 Å². The van der Waals surface area contributed by atoms with Crippen LogP contribution in [0.15, 0.2) is 48.7 Å². The van der Waals surface area contributed by atoms with E-state index in [0.717, 1.165) is 6.42 Å². The zero-order valence-electron chi connectivity index (χ0n) is 12.9. The molecule has 6 nitrogen and oxygen atoms in total. The predicted octanol–water partition coefficient (Wildman–Crippen LogP) is 1.82. The average Bonchev–Trinajstić information content (AvgIpc) is 3.11. The molecule has 0 saturated carbocycles. The van der Waals surface area contributed by atoms with E-state index in [0.29, 0.717) is 31.7 Å². The molecule has 6 heteroatoms. The lowest BCUT2D eigenvalue weighted by atomic mass is 10.2. The van der Waals surface area contributed by atoms with E-state index < -0.39 is 0 Å². The molecule has 0 bridgehead atoms. The molecule has 0 atom stereocenters. The van der Waals surface area contributed by atoms with E-state index in [4.69, 9.17) is 4.74 Å². The van der Waals surface area contributed by atoms with Gasteiger partial charge in [0.2, 0.25) is 5.91 Å². The number of rotatable bonds is 8. The van der Waals surface area contributed by atoms with Gasteiger partial charge in [0.15, 0.2) is 0 Å². The van der Waals surface area contributed by atoms with E-state index in [2.05, 4.69) is 28.0 Å². The van der Waals surface area contributed by atoms with Gasteiger partial charge in [-0.25, -0.2) is 0 Å². The molecule has 122 valence electrons. The minimum Gasteiger partial charge on any atom is -0.381 e. The Balaban J connectivity index is 1.49. The van der Waals surface area contributed by atoms with Gasteiger partial charge in [0.05, 0.1) is 6.61 Å². The first-order valence-corrected chi connectivity index (χ1v) is 7.60. The van der Waals surface area contributed by atoms with E-state index >= 15 is 0 Å². The lowest BCUT2D eigenvalue weighted by Gasteiger charge is -2.07. The lowest BCUT2D eigenvalue weighted by molar-refractivity contribution is -0.122. The molecule has 1 aromatic heterocycles. The number of carbonyl (C=O) groups excluding carboxylic acids is 2. The van der Waals surface area contributed by atoms with Gasteiger partial charge in [-0.3, -0.25) is 20.4 Å². The summed E-state index contributed by atoms with van der Waals surface area (Å²) in [4.78, 5) is 25.9. The van der Waals surface area contributed by atoms with Crippen molar-refractivity contribution in [2.24, 2.45) is 0 Å². The summed E-state index contributed by atoms with van der Waals surface area (Å²) in [7, 11) is 0. The molecule has 0 aliphatic carbocycles. The van der Waals surface area contributed by atoms with E-state index in [1.807, 2.05) is 18.2 Å². The Morgan fingerprint density at radius 3 is 2.57 bits per heavy atom. The first-order valence-electron chi connectivity index (χ1n) is 7.60. The fraction of sp³-hybridized carbons (Fsp3) is 0.294. The minimum absolute atomic E-state index is 0.239. The average molecular weight is 315 g/mol. The van der Waals surface area contributed by atoms with E-state index in [9.17, 15) is 9.59 Å². The summed E-state index contributed by atoms with van der Waals surface area (Å²) < 4.78 is 5.50. The quantitative estimate of drug-likeness (QED) is 0.513. The van der Waals surface area contributed by atoms with Gasteiger partial charge in [-0.05, 0) is 30.5 Å².